The van der Waals surface area contributed by atoms with E-state index in [4.69, 9.17) is 9.26 Å². The first kappa shape index (κ1) is 7.24. The topological polar surface area (TPSA) is 48.2 Å². The van der Waals surface area contributed by atoms with Gasteiger partial charge in [-0.05, 0) is 33.9 Å². The number of ether oxygens (including phenoxy) is 1. The highest BCUT2D eigenvalue weighted by Crippen LogP contribution is 2.27. The van der Waals surface area contributed by atoms with Crippen molar-refractivity contribution < 1.29 is 9.26 Å². The molecule has 0 amide bonds. The molecule has 1 unspecified atom stereocenters. The maximum atomic E-state index is 5.34. The Bertz CT molecular complexity index is 244. The third-order valence-corrected chi connectivity index (χ3v) is 1.94. The average molecular weight is 219 g/mol. The standard InChI is InChI=1S/C6H7BrN2O2/c7-6-8-5(11-9-6)4-2-1-3-10-4/h4H,1-3H2. The maximum absolute atomic E-state index is 5.34. The molecule has 60 valence electrons. The Morgan fingerprint density at radius 3 is 3.00 bits per heavy atom. The molecule has 0 aromatic carbocycles. The predicted octanol–water partition coefficient (Wildman–Crippen LogP) is 1.68. The summed E-state index contributed by atoms with van der Waals surface area (Å²) in [5.41, 5.74) is 0. The molecule has 0 saturated carbocycles. The average Bonchev–Trinajstić information content (AvgIpc) is 2.55. The minimum atomic E-state index is 0.0220. The normalized spacial score (nSPS) is 24.3. The molecule has 2 rings (SSSR count). The molecule has 1 aromatic heterocycles. The minimum Gasteiger partial charge on any atom is -0.368 e. The number of hydrogen-bond donors (Lipinski definition) is 0. The molecule has 0 bridgehead atoms. The summed E-state index contributed by atoms with van der Waals surface area (Å²) in [5, 5.41) is 3.61. The van der Waals surface area contributed by atoms with Gasteiger partial charge >= 0.3 is 0 Å². The SMILES string of the molecule is Brc1noc(C2CCCO2)n1. The third kappa shape index (κ3) is 1.44. The summed E-state index contributed by atoms with van der Waals surface area (Å²) in [6.45, 7) is 0.796. The van der Waals surface area contributed by atoms with E-state index in [1.807, 2.05) is 0 Å². The molecule has 1 aliphatic heterocycles. The lowest BCUT2D eigenvalue weighted by atomic mass is 10.2. The van der Waals surface area contributed by atoms with Gasteiger partial charge in [-0.3, -0.25) is 0 Å². The lowest BCUT2D eigenvalue weighted by Crippen LogP contribution is -1.94. The van der Waals surface area contributed by atoms with E-state index in [1.54, 1.807) is 0 Å². The van der Waals surface area contributed by atoms with Crippen LogP contribution in [0.5, 0.6) is 0 Å². The van der Waals surface area contributed by atoms with Crippen LogP contribution < -0.4 is 0 Å². The molecule has 11 heavy (non-hydrogen) atoms. The monoisotopic (exact) mass is 218 g/mol. The Morgan fingerprint density at radius 1 is 1.55 bits per heavy atom. The fraction of sp³-hybridized carbons (Fsp3) is 0.667. The minimum absolute atomic E-state index is 0.0220. The van der Waals surface area contributed by atoms with Crippen molar-refractivity contribution in [1.82, 2.24) is 10.1 Å². The lowest BCUT2D eigenvalue weighted by Gasteiger charge is -1.99. The molecule has 0 aliphatic carbocycles. The van der Waals surface area contributed by atoms with Gasteiger partial charge in [0.05, 0.1) is 0 Å². The summed E-state index contributed by atoms with van der Waals surface area (Å²) in [5.74, 6) is 0.578. The molecular weight excluding hydrogens is 212 g/mol. The molecular formula is C6H7BrN2O2. The highest BCUT2D eigenvalue weighted by atomic mass is 79.9. The van der Waals surface area contributed by atoms with Crippen LogP contribution in [0.3, 0.4) is 0 Å². The van der Waals surface area contributed by atoms with Gasteiger partial charge in [-0.15, -0.1) is 0 Å². The highest BCUT2D eigenvalue weighted by molar-refractivity contribution is 9.10. The molecule has 0 N–H and O–H groups in total. The summed E-state index contributed by atoms with van der Waals surface area (Å²) in [4.78, 5) is 4.01. The van der Waals surface area contributed by atoms with Crippen molar-refractivity contribution in [3.63, 3.8) is 0 Å². The second-order valence-corrected chi connectivity index (χ2v) is 3.11. The van der Waals surface area contributed by atoms with E-state index in [-0.39, 0.29) is 6.10 Å². The van der Waals surface area contributed by atoms with E-state index < -0.39 is 0 Å². The first-order chi connectivity index (χ1) is 5.36. The van der Waals surface area contributed by atoms with Gasteiger partial charge in [0.2, 0.25) is 4.73 Å². The summed E-state index contributed by atoms with van der Waals surface area (Å²) in [6.07, 6.45) is 2.08. The van der Waals surface area contributed by atoms with Crippen LogP contribution in [-0.4, -0.2) is 16.7 Å². The summed E-state index contributed by atoms with van der Waals surface area (Å²) in [6, 6.07) is 0. The molecule has 0 spiro atoms. The second-order valence-electron chi connectivity index (χ2n) is 2.40. The van der Waals surface area contributed by atoms with E-state index in [2.05, 4.69) is 26.1 Å². The third-order valence-electron chi connectivity index (χ3n) is 1.62. The van der Waals surface area contributed by atoms with Crippen molar-refractivity contribution in [1.29, 1.82) is 0 Å². The largest absolute Gasteiger partial charge is 0.368 e. The summed E-state index contributed by atoms with van der Waals surface area (Å²) in [7, 11) is 0. The Morgan fingerprint density at radius 2 is 2.45 bits per heavy atom. The quantitative estimate of drug-likeness (QED) is 0.720. The number of aromatic nitrogens is 2. The Labute approximate surface area is 72.1 Å². The van der Waals surface area contributed by atoms with E-state index >= 15 is 0 Å². The molecule has 1 aliphatic rings. The number of hydrogen-bond acceptors (Lipinski definition) is 4. The van der Waals surface area contributed by atoms with Gasteiger partial charge in [0.1, 0.15) is 6.10 Å². The van der Waals surface area contributed by atoms with Crippen LogP contribution in [0.4, 0.5) is 0 Å². The van der Waals surface area contributed by atoms with Crippen molar-refractivity contribution in [2.24, 2.45) is 0 Å². The van der Waals surface area contributed by atoms with Crippen molar-refractivity contribution in [2.45, 2.75) is 18.9 Å². The van der Waals surface area contributed by atoms with Crippen LogP contribution in [0, 0.1) is 0 Å². The molecule has 1 aromatic rings. The van der Waals surface area contributed by atoms with Gasteiger partial charge in [0, 0.05) is 6.61 Å². The molecule has 5 heteroatoms. The molecule has 1 atom stereocenters. The molecule has 1 fully saturated rings. The first-order valence-corrected chi connectivity index (χ1v) is 4.26. The molecule has 0 radical (unpaired) electrons. The smallest absolute Gasteiger partial charge is 0.256 e. The van der Waals surface area contributed by atoms with Crippen molar-refractivity contribution in [2.75, 3.05) is 6.61 Å². The molecule has 4 nitrogen and oxygen atoms in total. The maximum Gasteiger partial charge on any atom is 0.256 e. The van der Waals surface area contributed by atoms with Crippen LogP contribution >= 0.6 is 15.9 Å². The molecule has 1 saturated heterocycles. The summed E-state index contributed by atoms with van der Waals surface area (Å²) >= 11 is 3.11. The van der Waals surface area contributed by atoms with Gasteiger partial charge in [-0.25, -0.2) is 0 Å². The second kappa shape index (κ2) is 2.91. The Hall–Kier alpha value is -0.420. The van der Waals surface area contributed by atoms with Crippen molar-refractivity contribution in [3.05, 3.63) is 10.6 Å². The summed E-state index contributed by atoms with van der Waals surface area (Å²) < 4.78 is 10.7. The van der Waals surface area contributed by atoms with Crippen LogP contribution in [0.2, 0.25) is 0 Å². The van der Waals surface area contributed by atoms with Gasteiger partial charge in [-0.2, -0.15) is 4.98 Å². The van der Waals surface area contributed by atoms with E-state index in [1.165, 1.54) is 0 Å². The number of nitrogens with zero attached hydrogens (tertiary/aromatic N) is 2. The molecule has 2 heterocycles. The fourth-order valence-electron chi connectivity index (χ4n) is 1.12. The Balaban J connectivity index is 2.15. The van der Waals surface area contributed by atoms with Gasteiger partial charge in [0.25, 0.3) is 5.89 Å². The van der Waals surface area contributed by atoms with Gasteiger partial charge in [-0.1, -0.05) is 0 Å². The zero-order chi connectivity index (χ0) is 7.68. The van der Waals surface area contributed by atoms with Crippen LogP contribution in [-0.2, 0) is 4.74 Å². The highest BCUT2D eigenvalue weighted by Gasteiger charge is 2.23. The van der Waals surface area contributed by atoms with Gasteiger partial charge in [0.15, 0.2) is 0 Å². The van der Waals surface area contributed by atoms with Crippen molar-refractivity contribution >= 4 is 15.9 Å². The fourth-order valence-corrected chi connectivity index (χ4v) is 1.37. The predicted molar refractivity (Wildman–Crippen MR) is 39.9 cm³/mol. The zero-order valence-corrected chi connectivity index (χ0v) is 7.37. The van der Waals surface area contributed by atoms with Crippen molar-refractivity contribution in [3.8, 4) is 0 Å². The van der Waals surface area contributed by atoms with Gasteiger partial charge < -0.3 is 9.26 Å². The number of halogens is 1. The van der Waals surface area contributed by atoms with Crippen LogP contribution in [0.1, 0.15) is 24.8 Å². The van der Waals surface area contributed by atoms with E-state index in [9.17, 15) is 0 Å². The van der Waals surface area contributed by atoms with E-state index in [0.29, 0.717) is 10.6 Å². The van der Waals surface area contributed by atoms with Crippen LogP contribution in [0.15, 0.2) is 9.26 Å². The Kier molecular flexibility index (Phi) is 1.91. The number of rotatable bonds is 1. The zero-order valence-electron chi connectivity index (χ0n) is 5.79. The van der Waals surface area contributed by atoms with E-state index in [0.717, 1.165) is 19.4 Å². The first-order valence-electron chi connectivity index (χ1n) is 3.47. The van der Waals surface area contributed by atoms with Crippen LogP contribution in [0.25, 0.3) is 0 Å². The lowest BCUT2D eigenvalue weighted by molar-refractivity contribution is 0.0835.